The Morgan fingerprint density at radius 3 is 2.27 bits per heavy atom. The molecule has 15 heavy (non-hydrogen) atoms. The minimum atomic E-state index is -0.435. The fourth-order valence-corrected chi connectivity index (χ4v) is 0.622. The van der Waals surface area contributed by atoms with E-state index < -0.39 is 5.91 Å². The molecule has 0 aliphatic heterocycles. The van der Waals surface area contributed by atoms with Crippen molar-refractivity contribution in [2.45, 2.75) is 13.8 Å². The Morgan fingerprint density at radius 1 is 1.67 bits per heavy atom. The molecule has 0 saturated carbocycles. The summed E-state index contributed by atoms with van der Waals surface area (Å²) in [4.78, 5) is 12.8. The van der Waals surface area contributed by atoms with E-state index >= 15 is 0 Å². The number of H-pyrrole nitrogens is 1. The van der Waals surface area contributed by atoms with Gasteiger partial charge in [0.2, 0.25) is 5.91 Å². The molecule has 1 amide bonds. The van der Waals surface area contributed by atoms with Crippen LogP contribution in [-0.4, -0.2) is 10.9 Å². The number of carbonyl (C=O) groups excluding carboxylic acids is 1. The molecule has 0 aliphatic carbocycles. The van der Waals surface area contributed by atoms with Gasteiger partial charge in [0, 0.05) is 12.5 Å². The number of aryl methyl sites for hydroxylation is 1. The summed E-state index contributed by atoms with van der Waals surface area (Å²) in [6.45, 7) is 10.4. The van der Waals surface area contributed by atoms with Crippen molar-refractivity contribution in [1.82, 2.24) is 4.98 Å². The van der Waals surface area contributed by atoms with Crippen molar-refractivity contribution in [1.29, 1.82) is 0 Å². The molecule has 0 aromatic carbocycles. The highest BCUT2D eigenvalue weighted by Gasteiger charge is 1.96. The third-order valence-corrected chi connectivity index (χ3v) is 1.53. The maximum atomic E-state index is 9.82. The van der Waals surface area contributed by atoms with Crippen LogP contribution in [0.4, 0.5) is 0 Å². The Morgan fingerprint density at radius 2 is 2.13 bits per heavy atom. The van der Waals surface area contributed by atoms with E-state index in [0.29, 0.717) is 5.57 Å². The van der Waals surface area contributed by atoms with Crippen LogP contribution in [-0.2, 0) is 4.79 Å². The van der Waals surface area contributed by atoms with Crippen LogP contribution in [0.25, 0.3) is 6.20 Å². The van der Waals surface area contributed by atoms with Crippen LogP contribution in [0.15, 0.2) is 31.1 Å². The van der Waals surface area contributed by atoms with Crippen LogP contribution in [0.2, 0.25) is 0 Å². The van der Waals surface area contributed by atoms with E-state index in [0.717, 1.165) is 5.82 Å². The van der Waals surface area contributed by atoms with Crippen LogP contribution in [0.5, 0.6) is 0 Å². The zero-order chi connectivity index (χ0) is 11.1. The standard InChI is InChI=1S/C6H8N2.C4H7NO.ClH/c1-3-8-5-4-7-6(8)2;1-3(2)4(5)6;/h3-5H,1H2,2H3;1H2,2H3,(H2,5,6);1H. The number of imidazole rings is 1. The van der Waals surface area contributed by atoms with Crippen molar-refractivity contribution in [3.63, 3.8) is 0 Å². The Hall–Kier alpha value is -1.55. The molecule has 0 aliphatic rings. The van der Waals surface area contributed by atoms with Crippen LogP contribution >= 0.6 is 0 Å². The van der Waals surface area contributed by atoms with Gasteiger partial charge in [0.05, 0.1) is 6.20 Å². The van der Waals surface area contributed by atoms with E-state index in [4.69, 9.17) is 5.73 Å². The molecule has 0 bridgehead atoms. The topological polar surface area (TPSA) is 62.8 Å². The molecule has 1 aromatic heterocycles. The third kappa shape index (κ3) is 6.51. The average molecular weight is 230 g/mol. The number of primary amides is 1. The first-order valence-corrected chi connectivity index (χ1v) is 4.12. The van der Waals surface area contributed by atoms with Gasteiger partial charge in [0.1, 0.15) is 12.4 Å². The molecule has 0 atom stereocenters. The quantitative estimate of drug-likeness (QED) is 0.437. The van der Waals surface area contributed by atoms with Crippen molar-refractivity contribution >= 4 is 12.1 Å². The summed E-state index contributed by atoms with van der Waals surface area (Å²) in [5, 5.41) is 0. The molecule has 5 heteroatoms. The Balaban J connectivity index is 0. The summed E-state index contributed by atoms with van der Waals surface area (Å²) < 4.78 is 1.92. The molecule has 4 nitrogen and oxygen atoms in total. The van der Waals surface area contributed by atoms with Gasteiger partial charge in [-0.05, 0) is 6.92 Å². The minimum Gasteiger partial charge on any atom is -1.00 e. The number of aromatic nitrogens is 2. The molecule has 0 saturated heterocycles. The van der Waals surface area contributed by atoms with Gasteiger partial charge in [-0.2, -0.15) is 0 Å². The number of hydrogen-bond donors (Lipinski definition) is 2. The number of hydrogen-bond acceptors (Lipinski definition) is 1. The number of rotatable bonds is 2. The third-order valence-electron chi connectivity index (χ3n) is 1.53. The summed E-state index contributed by atoms with van der Waals surface area (Å²) in [6.07, 6.45) is 5.55. The van der Waals surface area contributed by atoms with E-state index in [9.17, 15) is 4.79 Å². The highest BCUT2D eigenvalue weighted by molar-refractivity contribution is 5.90. The fraction of sp³-hybridized carbons (Fsp3) is 0.200. The van der Waals surface area contributed by atoms with E-state index in [-0.39, 0.29) is 12.4 Å². The lowest BCUT2D eigenvalue weighted by Gasteiger charge is -1.81. The van der Waals surface area contributed by atoms with E-state index in [1.807, 2.05) is 23.9 Å². The Bertz CT molecular complexity index is 332. The maximum Gasteiger partial charge on any atom is 0.255 e. The van der Waals surface area contributed by atoms with Gasteiger partial charge >= 0.3 is 0 Å². The van der Waals surface area contributed by atoms with Gasteiger partial charge in [-0.3, -0.25) is 4.79 Å². The summed E-state index contributed by atoms with van der Waals surface area (Å²) in [5.74, 6) is 0.662. The average Bonchev–Trinajstić information content (AvgIpc) is 2.51. The van der Waals surface area contributed by atoms with E-state index in [2.05, 4.69) is 18.1 Å². The van der Waals surface area contributed by atoms with Crippen molar-refractivity contribution < 1.29 is 21.8 Å². The molecule has 3 N–H and O–H groups in total. The lowest BCUT2D eigenvalue weighted by molar-refractivity contribution is -0.573. The van der Waals surface area contributed by atoms with Gasteiger partial charge in [-0.15, -0.1) is 0 Å². The molecule has 0 fully saturated rings. The number of nitrogens with two attached hydrogens (primary N) is 1. The number of nitrogens with one attached hydrogen (secondary N) is 1. The number of aromatic amines is 1. The van der Waals surface area contributed by atoms with Crippen LogP contribution in [0.1, 0.15) is 12.7 Å². The first kappa shape index (κ1) is 15.9. The minimum absolute atomic E-state index is 0. The van der Waals surface area contributed by atoms with Gasteiger partial charge in [0.15, 0.2) is 0 Å². The fourth-order valence-electron chi connectivity index (χ4n) is 0.622. The lowest BCUT2D eigenvalue weighted by Crippen LogP contribution is -3.00. The highest BCUT2D eigenvalue weighted by atomic mass is 35.5. The van der Waals surface area contributed by atoms with Crippen LogP contribution in [0, 0.1) is 6.92 Å². The van der Waals surface area contributed by atoms with E-state index in [1.54, 1.807) is 13.1 Å². The molecule has 84 valence electrons. The van der Waals surface area contributed by atoms with Crippen molar-refractivity contribution in [2.75, 3.05) is 0 Å². The SMILES string of the molecule is C=C(C)C(N)=O.C=C[n+]1cc[nH]c1C.[Cl-]. The Kier molecular flexibility index (Phi) is 8.29. The van der Waals surface area contributed by atoms with Gasteiger partial charge < -0.3 is 18.1 Å². The van der Waals surface area contributed by atoms with Gasteiger partial charge in [-0.25, -0.2) is 9.55 Å². The van der Waals surface area contributed by atoms with Crippen LogP contribution in [0.3, 0.4) is 0 Å². The Labute approximate surface area is 95.9 Å². The molecule has 0 spiro atoms. The predicted octanol–water partition coefficient (Wildman–Crippen LogP) is -2.24. The number of nitrogens with zero attached hydrogens (tertiary/aromatic N) is 1. The molecular formula is C10H16ClN3O. The summed E-state index contributed by atoms with van der Waals surface area (Å²) in [7, 11) is 0. The van der Waals surface area contributed by atoms with Gasteiger partial charge in [0.25, 0.3) is 5.82 Å². The summed E-state index contributed by atoms with van der Waals surface area (Å²) >= 11 is 0. The molecule has 1 heterocycles. The largest absolute Gasteiger partial charge is 1.00 e. The highest BCUT2D eigenvalue weighted by Crippen LogP contribution is 1.79. The smallest absolute Gasteiger partial charge is 0.255 e. The predicted molar refractivity (Wildman–Crippen MR) is 56.1 cm³/mol. The second kappa shape index (κ2) is 7.82. The van der Waals surface area contributed by atoms with Crippen molar-refractivity contribution in [2.24, 2.45) is 5.73 Å². The molecule has 1 aromatic rings. The normalized spacial score (nSPS) is 7.87. The van der Waals surface area contributed by atoms with E-state index in [1.165, 1.54) is 0 Å². The second-order valence-electron chi connectivity index (χ2n) is 2.78. The zero-order valence-electron chi connectivity index (χ0n) is 8.96. The molecule has 0 unspecified atom stereocenters. The number of carbonyl (C=O) groups is 1. The lowest BCUT2D eigenvalue weighted by atomic mass is 10.3. The monoisotopic (exact) mass is 229 g/mol. The second-order valence-corrected chi connectivity index (χ2v) is 2.78. The summed E-state index contributed by atoms with van der Waals surface area (Å²) in [6, 6.07) is 0. The zero-order valence-corrected chi connectivity index (χ0v) is 9.71. The summed E-state index contributed by atoms with van der Waals surface area (Å²) in [5.41, 5.74) is 5.09. The first-order valence-electron chi connectivity index (χ1n) is 4.12. The molecule has 1 rings (SSSR count). The number of amides is 1. The van der Waals surface area contributed by atoms with Gasteiger partial charge in [-0.1, -0.05) is 13.2 Å². The van der Waals surface area contributed by atoms with Crippen LogP contribution < -0.4 is 22.7 Å². The molecule has 0 radical (unpaired) electrons. The van der Waals surface area contributed by atoms with Crippen molar-refractivity contribution in [3.8, 4) is 0 Å². The maximum absolute atomic E-state index is 9.82. The molecular weight excluding hydrogens is 214 g/mol. The first-order chi connectivity index (χ1) is 6.49. The number of halogens is 1. The van der Waals surface area contributed by atoms with Crippen molar-refractivity contribution in [3.05, 3.63) is 36.9 Å².